The number of amides is 1. The van der Waals surface area contributed by atoms with Crippen LogP contribution in [0.4, 0.5) is 0 Å². The molecule has 5 nitrogen and oxygen atoms in total. The van der Waals surface area contributed by atoms with Crippen molar-refractivity contribution < 1.29 is 9.53 Å². The summed E-state index contributed by atoms with van der Waals surface area (Å²) in [4.78, 5) is 18.1. The van der Waals surface area contributed by atoms with E-state index >= 15 is 0 Å². The molecule has 0 atom stereocenters. The number of ether oxygens (including phenoxy) is 1. The van der Waals surface area contributed by atoms with Crippen LogP contribution >= 0.6 is 0 Å². The summed E-state index contributed by atoms with van der Waals surface area (Å²) in [7, 11) is 1.81. The molecule has 0 aliphatic rings. The average Bonchev–Trinajstić information content (AvgIpc) is 3.06. The fourth-order valence-corrected chi connectivity index (χ4v) is 3.34. The van der Waals surface area contributed by atoms with Gasteiger partial charge in [-0.05, 0) is 43.0 Å². The molecule has 3 aromatic rings. The first-order chi connectivity index (χ1) is 14.1. The third-order valence-electron chi connectivity index (χ3n) is 5.02. The molecular weight excluding hydrogens is 362 g/mol. The topological polar surface area (TPSA) is 47.4 Å². The van der Waals surface area contributed by atoms with Crippen molar-refractivity contribution in [2.45, 2.75) is 39.3 Å². The molecule has 0 radical (unpaired) electrons. The molecule has 2 aromatic carbocycles. The van der Waals surface area contributed by atoms with Crippen LogP contribution in [0.15, 0.2) is 61.2 Å². The number of carbonyl (C=O) groups excluding carboxylic acids is 1. The number of aryl methyl sites for hydroxylation is 1. The van der Waals surface area contributed by atoms with Crippen molar-refractivity contribution in [2.75, 3.05) is 13.7 Å². The fourth-order valence-electron chi connectivity index (χ4n) is 3.34. The first-order valence-corrected chi connectivity index (χ1v) is 10.1. The van der Waals surface area contributed by atoms with Gasteiger partial charge in [0.15, 0.2) is 0 Å². The van der Waals surface area contributed by atoms with E-state index in [1.54, 1.807) is 18.9 Å². The first kappa shape index (κ1) is 20.6. The number of benzene rings is 2. The Labute approximate surface area is 172 Å². The van der Waals surface area contributed by atoms with E-state index in [1.807, 2.05) is 42.5 Å². The predicted octanol–water partition coefficient (Wildman–Crippen LogP) is 4.60. The van der Waals surface area contributed by atoms with Crippen LogP contribution in [0.3, 0.4) is 0 Å². The number of imidazole rings is 1. The van der Waals surface area contributed by atoms with Gasteiger partial charge in [0.05, 0.1) is 24.2 Å². The molecule has 0 saturated heterocycles. The SMILES string of the molecule is C=CCc1ccccc1OCCCCn1c(CN(C)C(C)=O)nc2ccccc21. The molecule has 0 aliphatic carbocycles. The van der Waals surface area contributed by atoms with E-state index in [0.717, 1.165) is 54.0 Å². The van der Waals surface area contributed by atoms with Crippen LogP contribution in [0.25, 0.3) is 11.0 Å². The van der Waals surface area contributed by atoms with E-state index in [0.29, 0.717) is 13.2 Å². The summed E-state index contributed by atoms with van der Waals surface area (Å²) in [5, 5.41) is 0. The molecule has 0 spiro atoms. The molecule has 1 amide bonds. The van der Waals surface area contributed by atoms with Gasteiger partial charge in [0.25, 0.3) is 0 Å². The molecule has 0 fully saturated rings. The zero-order valence-corrected chi connectivity index (χ0v) is 17.3. The van der Waals surface area contributed by atoms with E-state index < -0.39 is 0 Å². The van der Waals surface area contributed by atoms with Gasteiger partial charge in [-0.2, -0.15) is 0 Å². The molecule has 0 N–H and O–H groups in total. The number of nitrogens with zero attached hydrogens (tertiary/aromatic N) is 3. The quantitative estimate of drug-likeness (QED) is 0.375. The Hall–Kier alpha value is -3.08. The minimum absolute atomic E-state index is 0.0372. The lowest BCUT2D eigenvalue weighted by Gasteiger charge is -2.16. The molecule has 1 aromatic heterocycles. The van der Waals surface area contributed by atoms with Gasteiger partial charge in [0, 0.05) is 20.5 Å². The molecule has 3 rings (SSSR count). The summed E-state index contributed by atoms with van der Waals surface area (Å²) < 4.78 is 8.22. The lowest BCUT2D eigenvalue weighted by Crippen LogP contribution is -2.25. The highest BCUT2D eigenvalue weighted by Crippen LogP contribution is 2.20. The van der Waals surface area contributed by atoms with Crippen molar-refractivity contribution in [1.82, 2.24) is 14.5 Å². The van der Waals surface area contributed by atoms with E-state index in [4.69, 9.17) is 9.72 Å². The Morgan fingerprint density at radius 3 is 2.72 bits per heavy atom. The van der Waals surface area contributed by atoms with E-state index in [9.17, 15) is 4.79 Å². The van der Waals surface area contributed by atoms with Crippen molar-refractivity contribution in [1.29, 1.82) is 0 Å². The Kier molecular flexibility index (Phi) is 7.06. The van der Waals surface area contributed by atoms with Crippen LogP contribution in [0.1, 0.15) is 31.2 Å². The second kappa shape index (κ2) is 9.92. The summed E-state index contributed by atoms with van der Waals surface area (Å²) in [5.41, 5.74) is 3.24. The van der Waals surface area contributed by atoms with E-state index in [1.165, 1.54) is 0 Å². The van der Waals surface area contributed by atoms with Crippen LogP contribution < -0.4 is 4.74 Å². The zero-order chi connectivity index (χ0) is 20.6. The van der Waals surface area contributed by atoms with Crippen molar-refractivity contribution in [3.05, 3.63) is 72.6 Å². The van der Waals surface area contributed by atoms with Crippen LogP contribution in [0.5, 0.6) is 5.75 Å². The average molecular weight is 392 g/mol. The van der Waals surface area contributed by atoms with Crippen LogP contribution in [-0.4, -0.2) is 34.0 Å². The van der Waals surface area contributed by atoms with Gasteiger partial charge in [-0.25, -0.2) is 4.98 Å². The molecule has 29 heavy (non-hydrogen) atoms. The molecule has 0 aliphatic heterocycles. The zero-order valence-electron chi connectivity index (χ0n) is 17.3. The highest BCUT2D eigenvalue weighted by Gasteiger charge is 2.13. The molecule has 5 heteroatoms. The summed E-state index contributed by atoms with van der Waals surface area (Å²) >= 11 is 0. The van der Waals surface area contributed by atoms with Gasteiger partial charge in [-0.1, -0.05) is 36.4 Å². The Morgan fingerprint density at radius 2 is 1.93 bits per heavy atom. The largest absolute Gasteiger partial charge is 0.493 e. The number of hydrogen-bond acceptors (Lipinski definition) is 3. The highest BCUT2D eigenvalue weighted by molar-refractivity contribution is 5.76. The van der Waals surface area contributed by atoms with Crippen LogP contribution in [0.2, 0.25) is 0 Å². The number of para-hydroxylation sites is 3. The lowest BCUT2D eigenvalue weighted by molar-refractivity contribution is -0.128. The predicted molar refractivity (Wildman–Crippen MR) is 117 cm³/mol. The number of unbranched alkanes of at least 4 members (excludes halogenated alkanes) is 1. The Bertz CT molecular complexity index is 977. The van der Waals surface area contributed by atoms with Gasteiger partial charge < -0.3 is 14.2 Å². The maximum Gasteiger partial charge on any atom is 0.219 e. The van der Waals surface area contributed by atoms with Crippen molar-refractivity contribution in [2.24, 2.45) is 0 Å². The summed E-state index contributed by atoms with van der Waals surface area (Å²) in [6.07, 6.45) is 4.62. The summed E-state index contributed by atoms with van der Waals surface area (Å²) in [6, 6.07) is 16.2. The molecule has 0 saturated carbocycles. The maximum atomic E-state index is 11.6. The molecule has 0 unspecified atom stereocenters. The smallest absolute Gasteiger partial charge is 0.219 e. The van der Waals surface area contributed by atoms with Gasteiger partial charge in [0.2, 0.25) is 5.91 Å². The number of rotatable bonds is 10. The fraction of sp³-hybridized carbons (Fsp3) is 0.333. The minimum Gasteiger partial charge on any atom is -0.493 e. The third-order valence-corrected chi connectivity index (χ3v) is 5.02. The first-order valence-electron chi connectivity index (χ1n) is 10.1. The van der Waals surface area contributed by atoms with Crippen molar-refractivity contribution >= 4 is 16.9 Å². The number of carbonyl (C=O) groups is 1. The minimum atomic E-state index is 0.0372. The standard InChI is InChI=1S/C24H29N3O2/c1-4-11-20-12-5-8-15-23(20)29-17-10-9-16-27-22-14-7-6-13-21(22)25-24(27)18-26(3)19(2)28/h4-8,12-15H,1,9-11,16-18H2,2-3H3. The summed E-state index contributed by atoms with van der Waals surface area (Å²) in [5.74, 6) is 1.89. The van der Waals surface area contributed by atoms with Gasteiger partial charge >= 0.3 is 0 Å². The third kappa shape index (κ3) is 5.25. The number of hydrogen-bond donors (Lipinski definition) is 0. The number of allylic oxidation sites excluding steroid dienone is 1. The molecule has 152 valence electrons. The summed E-state index contributed by atoms with van der Waals surface area (Å²) in [6.45, 7) is 7.41. The molecular formula is C24H29N3O2. The number of fused-ring (bicyclic) bond motifs is 1. The van der Waals surface area contributed by atoms with E-state index in [2.05, 4.69) is 23.3 Å². The Balaban J connectivity index is 1.61. The normalized spacial score (nSPS) is 10.8. The molecule has 0 bridgehead atoms. The van der Waals surface area contributed by atoms with Gasteiger partial charge in [-0.3, -0.25) is 4.79 Å². The van der Waals surface area contributed by atoms with Crippen molar-refractivity contribution in [3.63, 3.8) is 0 Å². The van der Waals surface area contributed by atoms with Gasteiger partial charge in [-0.15, -0.1) is 6.58 Å². The second-order valence-electron chi connectivity index (χ2n) is 7.20. The van der Waals surface area contributed by atoms with E-state index in [-0.39, 0.29) is 5.91 Å². The van der Waals surface area contributed by atoms with Gasteiger partial charge in [0.1, 0.15) is 11.6 Å². The highest BCUT2D eigenvalue weighted by atomic mass is 16.5. The van der Waals surface area contributed by atoms with Crippen LogP contribution in [0, 0.1) is 0 Å². The lowest BCUT2D eigenvalue weighted by atomic mass is 10.1. The second-order valence-corrected chi connectivity index (χ2v) is 7.20. The maximum absolute atomic E-state index is 11.6. The molecule has 1 heterocycles. The number of aromatic nitrogens is 2. The van der Waals surface area contributed by atoms with Crippen LogP contribution in [-0.2, 0) is 24.3 Å². The monoisotopic (exact) mass is 391 g/mol. The van der Waals surface area contributed by atoms with Crippen molar-refractivity contribution in [3.8, 4) is 5.75 Å². The Morgan fingerprint density at radius 1 is 1.17 bits per heavy atom.